The third kappa shape index (κ3) is 2.20. The SMILES string of the molecule is c1ccc2c(c1)CNc1ccccc1-c1cccc3ccc4cccc-2c4c13. The standard InChI is InChI=1S/C27H19N/c1-2-10-21-20(7-1)17-28-25-14-4-3-11-22(25)24-13-6-9-19-16-15-18-8-5-12-23(21)26(18)27(19)24/h1-16,28H,17H2. The van der Waals surface area contributed by atoms with Gasteiger partial charge < -0.3 is 5.32 Å². The minimum Gasteiger partial charge on any atom is -0.380 e. The van der Waals surface area contributed by atoms with Gasteiger partial charge in [-0.15, -0.1) is 0 Å². The summed E-state index contributed by atoms with van der Waals surface area (Å²) in [6, 6.07) is 35.2. The minimum absolute atomic E-state index is 0.807. The molecule has 1 heteroatoms. The summed E-state index contributed by atoms with van der Waals surface area (Å²) < 4.78 is 0. The van der Waals surface area contributed by atoms with Crippen molar-refractivity contribution in [2.24, 2.45) is 0 Å². The van der Waals surface area contributed by atoms with E-state index in [0.29, 0.717) is 0 Å². The predicted octanol–water partition coefficient (Wildman–Crippen LogP) is 7.25. The average molecular weight is 357 g/mol. The molecule has 0 amide bonds. The van der Waals surface area contributed by atoms with E-state index in [1.165, 1.54) is 55.0 Å². The van der Waals surface area contributed by atoms with E-state index in [-0.39, 0.29) is 0 Å². The third-order valence-electron chi connectivity index (χ3n) is 5.88. The monoisotopic (exact) mass is 357 g/mol. The predicted molar refractivity (Wildman–Crippen MR) is 120 cm³/mol. The van der Waals surface area contributed by atoms with Crippen molar-refractivity contribution < 1.29 is 0 Å². The second kappa shape index (κ2) is 5.97. The first-order chi connectivity index (χ1) is 13.9. The van der Waals surface area contributed by atoms with Crippen molar-refractivity contribution in [3.63, 3.8) is 0 Å². The molecule has 132 valence electrons. The molecule has 28 heavy (non-hydrogen) atoms. The van der Waals surface area contributed by atoms with Gasteiger partial charge in [0.15, 0.2) is 0 Å². The van der Waals surface area contributed by atoms with Crippen LogP contribution in [0.3, 0.4) is 0 Å². The normalized spacial score (nSPS) is 12.4. The highest BCUT2D eigenvalue weighted by Crippen LogP contribution is 2.42. The van der Waals surface area contributed by atoms with E-state index in [4.69, 9.17) is 0 Å². The van der Waals surface area contributed by atoms with Gasteiger partial charge in [0.2, 0.25) is 0 Å². The van der Waals surface area contributed by atoms with Crippen LogP contribution < -0.4 is 5.32 Å². The van der Waals surface area contributed by atoms with Crippen LogP contribution in [0.25, 0.3) is 43.8 Å². The molecule has 5 aromatic rings. The first kappa shape index (κ1) is 15.5. The lowest BCUT2D eigenvalue weighted by molar-refractivity contribution is 1.15. The van der Waals surface area contributed by atoms with Gasteiger partial charge in [-0.05, 0) is 49.9 Å². The maximum absolute atomic E-state index is 3.69. The Hall–Kier alpha value is -3.58. The third-order valence-corrected chi connectivity index (χ3v) is 5.88. The zero-order valence-electron chi connectivity index (χ0n) is 15.4. The van der Waals surface area contributed by atoms with Gasteiger partial charge in [0.1, 0.15) is 0 Å². The second-order valence-electron chi connectivity index (χ2n) is 7.43. The van der Waals surface area contributed by atoms with Crippen molar-refractivity contribution in [2.45, 2.75) is 6.54 Å². The molecule has 0 spiro atoms. The van der Waals surface area contributed by atoms with Crippen LogP contribution in [0.4, 0.5) is 5.69 Å². The van der Waals surface area contributed by atoms with Crippen molar-refractivity contribution >= 4 is 27.2 Å². The number of anilines is 1. The van der Waals surface area contributed by atoms with Crippen molar-refractivity contribution in [3.8, 4) is 22.3 Å². The van der Waals surface area contributed by atoms with Crippen molar-refractivity contribution in [2.75, 3.05) is 5.32 Å². The summed E-state index contributed by atoms with van der Waals surface area (Å²) in [5.41, 5.74) is 7.67. The highest BCUT2D eigenvalue weighted by molar-refractivity contribution is 6.20. The first-order valence-electron chi connectivity index (χ1n) is 9.76. The van der Waals surface area contributed by atoms with Gasteiger partial charge in [-0.1, -0.05) is 91.0 Å². The van der Waals surface area contributed by atoms with Crippen LogP contribution in [0.1, 0.15) is 5.56 Å². The summed E-state index contributed by atoms with van der Waals surface area (Å²) >= 11 is 0. The van der Waals surface area contributed by atoms with E-state index in [2.05, 4.69) is 102 Å². The molecule has 1 N–H and O–H groups in total. The van der Waals surface area contributed by atoms with Crippen LogP contribution in [0, 0.1) is 0 Å². The molecule has 0 bridgehead atoms. The van der Waals surface area contributed by atoms with Crippen LogP contribution in [0.2, 0.25) is 0 Å². The van der Waals surface area contributed by atoms with Gasteiger partial charge >= 0.3 is 0 Å². The summed E-state index contributed by atoms with van der Waals surface area (Å²) in [6.45, 7) is 0.807. The van der Waals surface area contributed by atoms with Crippen LogP contribution in [-0.2, 0) is 6.54 Å². The summed E-state index contributed by atoms with van der Waals surface area (Å²) in [5, 5.41) is 8.95. The summed E-state index contributed by atoms with van der Waals surface area (Å²) in [4.78, 5) is 0. The van der Waals surface area contributed by atoms with Gasteiger partial charge in [-0.25, -0.2) is 0 Å². The molecule has 0 radical (unpaired) electrons. The van der Waals surface area contributed by atoms with E-state index >= 15 is 0 Å². The molecule has 0 atom stereocenters. The molecule has 0 aromatic heterocycles. The van der Waals surface area contributed by atoms with Crippen molar-refractivity contribution in [3.05, 3.63) is 103 Å². The molecule has 1 nitrogen and oxygen atoms in total. The number of benzene rings is 5. The van der Waals surface area contributed by atoms with Gasteiger partial charge in [0, 0.05) is 17.8 Å². The Morgan fingerprint density at radius 3 is 1.79 bits per heavy atom. The number of fused-ring (bicyclic) bond motifs is 4. The fourth-order valence-electron chi connectivity index (χ4n) is 4.60. The van der Waals surface area contributed by atoms with E-state index in [0.717, 1.165) is 6.54 Å². The van der Waals surface area contributed by atoms with E-state index in [9.17, 15) is 0 Å². The zero-order chi connectivity index (χ0) is 18.5. The molecule has 1 aliphatic rings. The molecule has 0 fully saturated rings. The van der Waals surface area contributed by atoms with Gasteiger partial charge in [-0.2, -0.15) is 0 Å². The van der Waals surface area contributed by atoms with Crippen LogP contribution in [-0.4, -0.2) is 0 Å². The smallest absolute Gasteiger partial charge is 0.0422 e. The van der Waals surface area contributed by atoms with E-state index < -0.39 is 0 Å². The highest BCUT2D eigenvalue weighted by Gasteiger charge is 2.17. The molecule has 0 saturated heterocycles. The Labute approximate surface area is 164 Å². The lowest BCUT2D eigenvalue weighted by Gasteiger charge is -2.21. The average Bonchev–Trinajstić information content (AvgIpc) is 2.77. The molecule has 1 heterocycles. The number of hydrogen-bond donors (Lipinski definition) is 1. The quantitative estimate of drug-likeness (QED) is 0.288. The van der Waals surface area contributed by atoms with Crippen molar-refractivity contribution in [1.82, 2.24) is 0 Å². The first-order valence-corrected chi connectivity index (χ1v) is 9.76. The summed E-state index contributed by atoms with van der Waals surface area (Å²) in [7, 11) is 0. The fourth-order valence-corrected chi connectivity index (χ4v) is 4.60. The van der Waals surface area contributed by atoms with E-state index in [1.807, 2.05) is 0 Å². The molecule has 0 saturated carbocycles. The number of rotatable bonds is 0. The molecular formula is C27H19N. The maximum atomic E-state index is 3.69. The van der Waals surface area contributed by atoms with Crippen LogP contribution in [0.5, 0.6) is 0 Å². The summed E-state index contributed by atoms with van der Waals surface area (Å²) in [6.07, 6.45) is 0. The maximum Gasteiger partial charge on any atom is 0.0422 e. The fraction of sp³-hybridized carbons (Fsp3) is 0.0370. The van der Waals surface area contributed by atoms with Gasteiger partial charge in [0.05, 0.1) is 0 Å². The van der Waals surface area contributed by atoms with Crippen LogP contribution >= 0.6 is 0 Å². The summed E-state index contributed by atoms with van der Waals surface area (Å²) in [5.74, 6) is 0. The molecule has 0 aliphatic carbocycles. The molecule has 1 aliphatic heterocycles. The minimum atomic E-state index is 0.807. The van der Waals surface area contributed by atoms with Crippen molar-refractivity contribution in [1.29, 1.82) is 0 Å². The lowest BCUT2D eigenvalue weighted by Crippen LogP contribution is -2.04. The zero-order valence-corrected chi connectivity index (χ0v) is 15.4. The Kier molecular flexibility index (Phi) is 3.30. The Balaban J connectivity index is 1.90. The number of nitrogens with one attached hydrogen (secondary N) is 1. The van der Waals surface area contributed by atoms with E-state index in [1.54, 1.807) is 0 Å². The number of para-hydroxylation sites is 1. The highest BCUT2D eigenvalue weighted by atomic mass is 14.9. The molecule has 5 aromatic carbocycles. The topological polar surface area (TPSA) is 12.0 Å². The Morgan fingerprint density at radius 2 is 1.04 bits per heavy atom. The van der Waals surface area contributed by atoms with Gasteiger partial charge in [-0.3, -0.25) is 0 Å². The second-order valence-corrected chi connectivity index (χ2v) is 7.43. The molecule has 6 rings (SSSR count). The number of hydrogen-bond acceptors (Lipinski definition) is 1. The lowest BCUT2D eigenvalue weighted by atomic mass is 9.87. The van der Waals surface area contributed by atoms with Gasteiger partial charge in [0.25, 0.3) is 0 Å². The molecule has 0 unspecified atom stereocenters. The Morgan fingerprint density at radius 1 is 0.464 bits per heavy atom. The largest absolute Gasteiger partial charge is 0.380 e. The molecular weight excluding hydrogens is 338 g/mol. The van der Waals surface area contributed by atoms with Crippen LogP contribution in [0.15, 0.2) is 97.1 Å². The Bertz CT molecular complexity index is 1260.